The van der Waals surface area contributed by atoms with Crippen LogP contribution in [0.15, 0.2) is 91.0 Å². The van der Waals surface area contributed by atoms with Crippen molar-refractivity contribution < 1.29 is 20.8 Å². The maximum absolute atomic E-state index is 4.93. The van der Waals surface area contributed by atoms with Crippen molar-refractivity contribution in [1.29, 1.82) is 0 Å². The summed E-state index contributed by atoms with van der Waals surface area (Å²) in [4.78, 5) is 0. The van der Waals surface area contributed by atoms with Gasteiger partial charge in [0, 0.05) is 0 Å². The van der Waals surface area contributed by atoms with Gasteiger partial charge >= 0.3 is 37.9 Å². The molecule has 4 heteroatoms. The predicted molar refractivity (Wildman–Crippen MR) is 161 cm³/mol. The molecule has 0 saturated heterocycles. The summed E-state index contributed by atoms with van der Waals surface area (Å²) in [7, 11) is 10.7. The van der Waals surface area contributed by atoms with E-state index in [-0.39, 0.29) is 0 Å². The maximum Gasteiger partial charge on any atom is 0.0920 e. The average Bonchev–Trinajstić information content (AvgIpc) is 3.51. The topological polar surface area (TPSA) is 0 Å². The van der Waals surface area contributed by atoms with E-state index in [0.29, 0.717) is 5.92 Å². The number of halogens is 2. The van der Waals surface area contributed by atoms with Crippen molar-refractivity contribution in [2.45, 2.75) is 40.0 Å². The first-order valence-corrected chi connectivity index (χ1v) is 19.9. The number of rotatable bonds is 3. The van der Waals surface area contributed by atoms with Crippen LogP contribution in [-0.4, -0.2) is 9.52 Å². The predicted octanol–water partition coefficient (Wildman–Crippen LogP) is 8.85. The molecule has 1 heterocycles. The van der Waals surface area contributed by atoms with Crippen LogP contribution in [0.1, 0.15) is 42.9 Å². The summed E-state index contributed by atoms with van der Waals surface area (Å²) in [5.74, 6) is 0.627. The number of fused-ring (bicyclic) bond motifs is 4. The molecule has 1 unspecified atom stereocenters. The second-order valence-corrected chi connectivity index (χ2v) is 14.4. The zero-order valence-electron chi connectivity index (χ0n) is 21.7. The van der Waals surface area contributed by atoms with Crippen molar-refractivity contribution in [2.75, 3.05) is 0 Å². The van der Waals surface area contributed by atoms with E-state index in [9.17, 15) is 0 Å². The second-order valence-electron chi connectivity index (χ2n) is 9.37. The van der Waals surface area contributed by atoms with Gasteiger partial charge < -0.3 is 0 Å². The van der Waals surface area contributed by atoms with Crippen molar-refractivity contribution in [1.82, 2.24) is 0 Å². The van der Waals surface area contributed by atoms with Gasteiger partial charge in [-0.1, -0.05) is 90.7 Å². The van der Waals surface area contributed by atoms with E-state index in [4.69, 9.17) is 17.0 Å². The third kappa shape index (κ3) is 6.43. The first-order valence-electron chi connectivity index (χ1n) is 12.6. The average molecular weight is 617 g/mol. The summed E-state index contributed by atoms with van der Waals surface area (Å²) in [5, 5.41) is 5.59. The summed E-state index contributed by atoms with van der Waals surface area (Å²) in [6.07, 6.45) is 1.19. The van der Waals surface area contributed by atoms with Crippen LogP contribution in [0, 0.1) is 19.9 Å². The standard InChI is InChI=1S/C21H23.C12H7Si.2ClH.Zr/c1-5-14(2)18-12-17-11-10-16(4)21(20(17)13-18)19-9-7-6-8-15(19)3;1-3-7-11-9(5-1)10-6-2-4-8-12(10)13-11;;;/h6-14H,5H2,1-4H3;1-7H;2*1H;/q2*-1;;;+4/p-2. The van der Waals surface area contributed by atoms with E-state index in [2.05, 4.69) is 119 Å². The summed E-state index contributed by atoms with van der Waals surface area (Å²) < 4.78 is 0. The van der Waals surface area contributed by atoms with Gasteiger partial charge in [0.1, 0.15) is 0 Å². The molecule has 2 radical (unpaired) electrons. The first kappa shape index (κ1) is 28.2. The van der Waals surface area contributed by atoms with Crippen LogP contribution in [0.5, 0.6) is 0 Å². The molecule has 0 N–H and O–H groups in total. The normalized spacial score (nSPS) is 11.8. The second kappa shape index (κ2) is 13.3. The monoisotopic (exact) mass is 614 g/mol. The molecule has 6 rings (SSSR count). The van der Waals surface area contributed by atoms with Crippen molar-refractivity contribution >= 4 is 47.7 Å². The molecule has 5 aromatic carbocycles. The van der Waals surface area contributed by atoms with Crippen LogP contribution in [-0.2, 0) is 20.8 Å². The molecule has 184 valence electrons. The molecule has 0 aromatic heterocycles. The fourth-order valence-corrected chi connectivity index (χ4v) is 6.18. The van der Waals surface area contributed by atoms with Crippen LogP contribution < -0.4 is 10.4 Å². The number of hydrogen-bond acceptors (Lipinski definition) is 0. The fourth-order valence-electron chi connectivity index (χ4n) is 4.87. The van der Waals surface area contributed by atoms with Crippen LogP contribution in [0.4, 0.5) is 0 Å². The van der Waals surface area contributed by atoms with E-state index >= 15 is 0 Å². The fraction of sp³-hybridized carbons (Fsp3) is 0.182. The molecule has 1 aliphatic rings. The van der Waals surface area contributed by atoms with Crippen molar-refractivity contribution in [3.8, 4) is 22.3 Å². The van der Waals surface area contributed by atoms with Gasteiger partial charge in [0.05, 0.1) is 9.52 Å². The van der Waals surface area contributed by atoms with Gasteiger partial charge in [-0.2, -0.15) is 35.5 Å². The van der Waals surface area contributed by atoms with Gasteiger partial charge in [-0.25, -0.2) is 0 Å². The summed E-state index contributed by atoms with van der Waals surface area (Å²) >= 11 is -0.826. The van der Waals surface area contributed by atoms with E-state index in [1.54, 1.807) is 0 Å². The largest absolute Gasteiger partial charge is 0.184 e. The molecule has 0 saturated carbocycles. The van der Waals surface area contributed by atoms with Crippen LogP contribution >= 0.6 is 17.0 Å². The molecule has 5 aromatic rings. The number of aryl methyl sites for hydroxylation is 2. The number of benzene rings is 4. The number of hydrogen-bond donors (Lipinski definition) is 0. The van der Waals surface area contributed by atoms with E-state index < -0.39 is 20.8 Å². The van der Waals surface area contributed by atoms with Gasteiger partial charge in [-0.15, -0.1) is 40.1 Å². The molecular weight excluding hydrogens is 587 g/mol. The Morgan fingerprint density at radius 1 is 0.865 bits per heavy atom. The summed E-state index contributed by atoms with van der Waals surface area (Å²) in [6.45, 7) is 8.99. The van der Waals surface area contributed by atoms with Gasteiger partial charge in [0.25, 0.3) is 0 Å². The van der Waals surface area contributed by atoms with Crippen molar-refractivity contribution in [3.63, 3.8) is 0 Å². The van der Waals surface area contributed by atoms with Gasteiger partial charge in [0.15, 0.2) is 0 Å². The van der Waals surface area contributed by atoms with Crippen LogP contribution in [0.25, 0.3) is 33.0 Å². The Kier molecular flexibility index (Phi) is 10.1. The molecule has 0 spiro atoms. The van der Waals surface area contributed by atoms with E-state index in [0.717, 1.165) is 9.52 Å². The van der Waals surface area contributed by atoms with E-state index in [1.807, 2.05) is 6.07 Å². The zero-order valence-corrected chi connectivity index (χ0v) is 26.7. The molecule has 0 amide bonds. The molecular formula is C33H30Cl2SiZr. The van der Waals surface area contributed by atoms with E-state index in [1.165, 1.54) is 66.5 Å². The molecule has 1 atom stereocenters. The molecule has 1 aliphatic heterocycles. The van der Waals surface area contributed by atoms with Crippen molar-refractivity contribution in [2.24, 2.45) is 0 Å². The van der Waals surface area contributed by atoms with Crippen LogP contribution in [0.2, 0.25) is 0 Å². The Balaban J connectivity index is 0.000000170. The molecule has 37 heavy (non-hydrogen) atoms. The van der Waals surface area contributed by atoms with Gasteiger partial charge in [0.2, 0.25) is 0 Å². The molecule has 0 nitrogen and oxygen atoms in total. The minimum atomic E-state index is -0.826. The summed E-state index contributed by atoms with van der Waals surface area (Å²) in [6, 6.07) is 36.1. The Morgan fingerprint density at radius 2 is 1.54 bits per heavy atom. The SMILES string of the molecule is CCC(C)c1cc2c(-c3ccccc3C)c(C)ccc2[cH-]1.[Cl][Zr+2][Cl].[c-]1cccc2c1[Si]c1ccccc1-2. The third-order valence-electron chi connectivity index (χ3n) is 7.05. The van der Waals surface area contributed by atoms with Gasteiger partial charge in [-0.3, -0.25) is 0 Å². The zero-order chi connectivity index (χ0) is 26.4. The molecule has 0 fully saturated rings. The molecule has 0 aliphatic carbocycles. The Labute approximate surface area is 242 Å². The minimum Gasteiger partial charge on any atom is -0.184 e. The first-order chi connectivity index (χ1) is 18.0. The Hall–Kier alpha value is -1.83. The smallest absolute Gasteiger partial charge is 0.0920 e. The molecule has 0 bridgehead atoms. The summed E-state index contributed by atoms with van der Waals surface area (Å²) in [5.41, 5.74) is 9.71. The van der Waals surface area contributed by atoms with Crippen LogP contribution in [0.3, 0.4) is 0 Å². The van der Waals surface area contributed by atoms with Crippen molar-refractivity contribution in [3.05, 3.63) is 114 Å². The third-order valence-corrected chi connectivity index (χ3v) is 8.42. The Bertz CT molecular complexity index is 1440. The van der Waals surface area contributed by atoms with Gasteiger partial charge in [-0.05, 0) is 30.9 Å². The minimum absolute atomic E-state index is 0.627. The quantitative estimate of drug-likeness (QED) is 0.138. The maximum atomic E-state index is 4.93. The Morgan fingerprint density at radius 3 is 2.27 bits per heavy atom.